The zero-order valence-electron chi connectivity index (χ0n) is 18.1. The molecular weight excluding hydrogens is 454 g/mol. The predicted molar refractivity (Wildman–Crippen MR) is 117 cm³/mol. The van der Waals surface area contributed by atoms with E-state index in [-0.39, 0.29) is 35.1 Å². The number of ether oxygens (including phenoxy) is 1. The Bertz CT molecular complexity index is 1360. The van der Waals surface area contributed by atoms with Crippen molar-refractivity contribution in [1.29, 1.82) is 0 Å². The topological polar surface area (TPSA) is 102 Å². The van der Waals surface area contributed by atoms with Gasteiger partial charge in [-0.25, -0.2) is 21.9 Å². The fourth-order valence-corrected chi connectivity index (χ4v) is 5.35. The summed E-state index contributed by atoms with van der Waals surface area (Å²) in [5, 5.41) is 2.45. The largest absolute Gasteiger partial charge is 0.488 e. The highest BCUT2D eigenvalue weighted by atomic mass is 32.2. The second-order valence-corrected chi connectivity index (χ2v) is 9.92. The predicted octanol–water partition coefficient (Wildman–Crippen LogP) is 2.93. The van der Waals surface area contributed by atoms with Crippen LogP contribution >= 0.6 is 0 Å². The Morgan fingerprint density at radius 3 is 2.73 bits per heavy atom. The van der Waals surface area contributed by atoms with Gasteiger partial charge in [-0.3, -0.25) is 9.78 Å². The van der Waals surface area contributed by atoms with Crippen LogP contribution in [-0.2, 0) is 23.5 Å². The van der Waals surface area contributed by atoms with Crippen LogP contribution in [0.3, 0.4) is 0 Å². The highest BCUT2D eigenvalue weighted by Crippen LogP contribution is 2.35. The molecule has 0 aliphatic carbocycles. The van der Waals surface area contributed by atoms with E-state index in [0.717, 1.165) is 17.8 Å². The number of aromatic nitrogens is 2. The number of halogens is 2. The van der Waals surface area contributed by atoms with Gasteiger partial charge >= 0.3 is 0 Å². The summed E-state index contributed by atoms with van der Waals surface area (Å²) in [5.41, 5.74) is 0.399. The number of aryl methyl sites for hydroxylation is 2. The molecule has 4 rings (SSSR count). The lowest BCUT2D eigenvalue weighted by molar-refractivity contribution is 0.101. The minimum absolute atomic E-state index is 0.0128. The maximum Gasteiger partial charge on any atom is 0.276 e. The van der Waals surface area contributed by atoms with E-state index in [9.17, 15) is 22.0 Å². The summed E-state index contributed by atoms with van der Waals surface area (Å²) in [5.74, 6) is -3.03. The number of carbonyl (C=O) groups excluding carboxylic acids is 1. The summed E-state index contributed by atoms with van der Waals surface area (Å²) in [6.45, 7) is 3.47. The lowest BCUT2D eigenvalue weighted by Gasteiger charge is -2.27. The molecule has 0 fully saturated rings. The molecule has 2 N–H and O–H groups in total. The Morgan fingerprint density at radius 2 is 2.03 bits per heavy atom. The van der Waals surface area contributed by atoms with Crippen molar-refractivity contribution >= 4 is 21.6 Å². The molecule has 3 heterocycles. The Morgan fingerprint density at radius 1 is 1.27 bits per heavy atom. The average Bonchev–Trinajstić information content (AvgIpc) is 3.02. The number of fused-ring (bicyclic) bond motifs is 1. The monoisotopic (exact) mass is 476 g/mol. The average molecular weight is 477 g/mol. The number of carbonyl (C=O) groups is 1. The fraction of sp³-hybridized carbons (Fsp3) is 0.273. The van der Waals surface area contributed by atoms with Gasteiger partial charge < -0.3 is 14.6 Å². The van der Waals surface area contributed by atoms with E-state index in [1.165, 1.54) is 23.9 Å². The molecule has 0 radical (unpaired) electrons. The van der Waals surface area contributed by atoms with Crippen LogP contribution in [0.2, 0.25) is 0 Å². The van der Waals surface area contributed by atoms with Crippen molar-refractivity contribution in [1.82, 2.24) is 14.3 Å². The standard InChI is InChI=1S/C22H22F2N4O4S/c1-13-5-4-6-15(25-13)10-22(2)12-32-20-18(33(30,31)27-22)11-28(3)19(20)21(29)26-14-7-8-16(23)17(24)9-14/h4-9,11,27H,10,12H2,1-3H3,(H,26,29). The van der Waals surface area contributed by atoms with Crippen molar-refractivity contribution in [2.45, 2.75) is 30.7 Å². The third-order valence-corrected chi connectivity index (χ3v) is 6.85. The van der Waals surface area contributed by atoms with Gasteiger partial charge in [-0.1, -0.05) is 6.07 Å². The van der Waals surface area contributed by atoms with Crippen molar-refractivity contribution in [2.75, 3.05) is 11.9 Å². The van der Waals surface area contributed by atoms with E-state index < -0.39 is 33.1 Å². The molecule has 1 atom stereocenters. The number of amides is 1. The van der Waals surface area contributed by atoms with E-state index in [0.29, 0.717) is 5.69 Å². The molecule has 2 aromatic heterocycles. The number of nitrogens with zero attached hydrogens (tertiary/aromatic N) is 2. The number of nitrogens with one attached hydrogen (secondary N) is 2. The molecule has 0 bridgehead atoms. The first-order valence-corrected chi connectivity index (χ1v) is 11.5. The smallest absolute Gasteiger partial charge is 0.276 e. The van der Waals surface area contributed by atoms with Gasteiger partial charge in [0.2, 0.25) is 10.0 Å². The van der Waals surface area contributed by atoms with Crippen molar-refractivity contribution in [2.24, 2.45) is 7.05 Å². The van der Waals surface area contributed by atoms with E-state index in [4.69, 9.17) is 4.74 Å². The van der Waals surface area contributed by atoms with Crippen LogP contribution in [-0.4, -0.2) is 36.0 Å². The number of hydrogen-bond acceptors (Lipinski definition) is 5. The van der Waals surface area contributed by atoms with Crippen molar-refractivity contribution in [3.63, 3.8) is 0 Å². The summed E-state index contributed by atoms with van der Waals surface area (Å²) in [6.07, 6.45) is 1.54. The first-order chi connectivity index (χ1) is 15.5. The summed E-state index contributed by atoms with van der Waals surface area (Å²) < 4.78 is 62.9. The van der Waals surface area contributed by atoms with E-state index in [2.05, 4.69) is 15.0 Å². The van der Waals surface area contributed by atoms with E-state index in [1.807, 2.05) is 19.1 Å². The molecule has 1 amide bonds. The fourth-order valence-electron chi connectivity index (χ4n) is 3.76. The number of benzene rings is 1. The van der Waals surface area contributed by atoms with Crippen LogP contribution in [0.5, 0.6) is 5.75 Å². The summed E-state index contributed by atoms with van der Waals surface area (Å²) in [7, 11) is -2.56. The molecule has 0 saturated heterocycles. The molecule has 33 heavy (non-hydrogen) atoms. The van der Waals surface area contributed by atoms with Crippen molar-refractivity contribution in [3.05, 3.63) is 71.3 Å². The molecular formula is C22H22F2N4O4S. The quantitative estimate of drug-likeness (QED) is 0.603. The summed E-state index contributed by atoms with van der Waals surface area (Å²) >= 11 is 0. The zero-order chi connectivity index (χ0) is 24.0. The minimum Gasteiger partial charge on any atom is -0.488 e. The third kappa shape index (κ3) is 4.60. The molecule has 8 nitrogen and oxygen atoms in total. The molecule has 174 valence electrons. The van der Waals surface area contributed by atoms with Gasteiger partial charge in [-0.2, -0.15) is 0 Å². The SMILES string of the molecule is Cc1cccc(CC2(C)COc3c(cn(C)c3C(=O)Nc3ccc(F)c(F)c3)S(=O)(=O)N2)n1. The first-order valence-electron chi connectivity index (χ1n) is 10.0. The van der Waals surface area contributed by atoms with E-state index >= 15 is 0 Å². The van der Waals surface area contributed by atoms with Crippen LogP contribution in [0.25, 0.3) is 0 Å². The minimum atomic E-state index is -4.05. The lowest BCUT2D eigenvalue weighted by Crippen LogP contribution is -2.50. The molecule has 0 spiro atoms. The lowest BCUT2D eigenvalue weighted by atomic mass is 9.98. The number of hydrogen-bond donors (Lipinski definition) is 2. The molecule has 1 unspecified atom stereocenters. The molecule has 1 aliphatic heterocycles. The number of sulfonamides is 1. The normalized spacial score (nSPS) is 19.3. The molecule has 11 heteroatoms. The second-order valence-electron chi connectivity index (χ2n) is 8.27. The maximum atomic E-state index is 13.5. The van der Waals surface area contributed by atoms with Crippen molar-refractivity contribution in [3.8, 4) is 5.75 Å². The first kappa shape index (κ1) is 22.9. The maximum absolute atomic E-state index is 13.5. The van der Waals surface area contributed by atoms with Gasteiger partial charge in [0.05, 0.1) is 5.54 Å². The Labute approximate surface area is 189 Å². The number of pyridine rings is 1. The van der Waals surface area contributed by atoms with Gasteiger partial charge in [0.1, 0.15) is 11.5 Å². The summed E-state index contributed by atoms with van der Waals surface area (Å²) in [6, 6.07) is 8.39. The van der Waals surface area contributed by atoms with Crippen LogP contribution in [0.4, 0.5) is 14.5 Å². The van der Waals surface area contributed by atoms with Crippen LogP contribution < -0.4 is 14.8 Å². The molecule has 3 aromatic rings. The van der Waals surface area contributed by atoms with Gasteiger partial charge in [0.25, 0.3) is 5.91 Å². The molecule has 0 saturated carbocycles. The Balaban J connectivity index is 1.65. The van der Waals surface area contributed by atoms with Crippen LogP contribution in [0, 0.1) is 18.6 Å². The van der Waals surface area contributed by atoms with Gasteiger partial charge in [0.15, 0.2) is 23.1 Å². The van der Waals surface area contributed by atoms with Gasteiger partial charge in [-0.15, -0.1) is 0 Å². The summed E-state index contributed by atoms with van der Waals surface area (Å²) in [4.78, 5) is 17.2. The number of rotatable bonds is 4. The number of anilines is 1. The molecule has 1 aliphatic rings. The zero-order valence-corrected chi connectivity index (χ0v) is 19.0. The Kier molecular flexibility index (Phi) is 5.71. The van der Waals surface area contributed by atoms with Crippen LogP contribution in [0.15, 0.2) is 47.5 Å². The highest BCUT2D eigenvalue weighted by molar-refractivity contribution is 7.89. The van der Waals surface area contributed by atoms with Crippen LogP contribution in [0.1, 0.15) is 28.8 Å². The highest BCUT2D eigenvalue weighted by Gasteiger charge is 2.40. The third-order valence-electron chi connectivity index (χ3n) is 5.22. The van der Waals surface area contributed by atoms with Gasteiger partial charge in [-0.05, 0) is 38.1 Å². The van der Waals surface area contributed by atoms with Gasteiger partial charge in [0, 0.05) is 42.8 Å². The van der Waals surface area contributed by atoms with Crippen molar-refractivity contribution < 1.29 is 26.7 Å². The Hall–Kier alpha value is -3.31. The molecule has 1 aromatic carbocycles. The van der Waals surface area contributed by atoms with E-state index in [1.54, 1.807) is 13.0 Å². The second kappa shape index (κ2) is 8.23.